The second kappa shape index (κ2) is 8.11. The van der Waals surface area contributed by atoms with E-state index in [1.807, 2.05) is 48.2 Å². The summed E-state index contributed by atoms with van der Waals surface area (Å²) in [5.74, 6) is 0.998. The molecule has 0 N–H and O–H groups in total. The summed E-state index contributed by atoms with van der Waals surface area (Å²) in [5, 5.41) is 0. The minimum Gasteiger partial charge on any atom is -0.497 e. The van der Waals surface area contributed by atoms with Crippen LogP contribution in [0, 0.1) is 12.8 Å². The van der Waals surface area contributed by atoms with Crippen LogP contribution in [0.3, 0.4) is 0 Å². The van der Waals surface area contributed by atoms with Gasteiger partial charge in [-0.15, -0.1) is 0 Å². The first-order valence-corrected chi connectivity index (χ1v) is 9.86. The Morgan fingerprint density at radius 3 is 2.62 bits per heavy atom. The van der Waals surface area contributed by atoms with Gasteiger partial charge in [0.25, 0.3) is 0 Å². The number of carbonyl (C=O) groups excluding carboxylic acids is 2. The second-order valence-electron chi connectivity index (χ2n) is 7.59. The van der Waals surface area contributed by atoms with Gasteiger partial charge in [0, 0.05) is 43.9 Å². The van der Waals surface area contributed by atoms with E-state index in [1.54, 1.807) is 18.2 Å². The van der Waals surface area contributed by atoms with Gasteiger partial charge < -0.3 is 19.3 Å². The monoisotopic (exact) mass is 395 g/mol. The summed E-state index contributed by atoms with van der Waals surface area (Å²) < 4.78 is 11.1. The number of hydrogen-bond acceptors (Lipinski definition) is 5. The molecule has 2 aliphatic heterocycles. The molecule has 7 nitrogen and oxygen atoms in total. The Morgan fingerprint density at radius 1 is 1.14 bits per heavy atom. The first kappa shape index (κ1) is 19.2. The number of nitrogens with zero attached hydrogens (tertiary/aromatic N) is 3. The molecule has 2 amide bonds. The number of hydrogen-bond donors (Lipinski definition) is 0. The van der Waals surface area contributed by atoms with Crippen molar-refractivity contribution in [2.24, 2.45) is 5.92 Å². The summed E-state index contributed by atoms with van der Waals surface area (Å²) in [4.78, 5) is 33.2. The van der Waals surface area contributed by atoms with Crippen LogP contribution in [0.5, 0.6) is 11.6 Å². The van der Waals surface area contributed by atoms with Crippen LogP contribution in [-0.4, -0.2) is 54.5 Å². The van der Waals surface area contributed by atoms with E-state index in [2.05, 4.69) is 4.98 Å². The molecule has 0 spiro atoms. The zero-order valence-corrected chi connectivity index (χ0v) is 16.7. The summed E-state index contributed by atoms with van der Waals surface area (Å²) in [7, 11) is 1.60. The molecule has 2 unspecified atom stereocenters. The van der Waals surface area contributed by atoms with Crippen LogP contribution in [-0.2, 0) is 9.59 Å². The number of pyridine rings is 1. The van der Waals surface area contributed by atoms with E-state index in [0.29, 0.717) is 25.5 Å². The van der Waals surface area contributed by atoms with Crippen molar-refractivity contribution in [3.05, 3.63) is 48.2 Å². The normalized spacial score (nSPS) is 21.5. The van der Waals surface area contributed by atoms with Gasteiger partial charge in [0.2, 0.25) is 17.7 Å². The molecule has 0 radical (unpaired) electrons. The van der Waals surface area contributed by atoms with Crippen LogP contribution in [0.2, 0.25) is 0 Å². The Morgan fingerprint density at radius 2 is 1.93 bits per heavy atom. The van der Waals surface area contributed by atoms with Crippen molar-refractivity contribution >= 4 is 17.5 Å². The maximum Gasteiger partial charge on any atom is 0.228 e. The number of benzene rings is 1. The molecule has 0 aliphatic carbocycles. The van der Waals surface area contributed by atoms with Gasteiger partial charge in [0.05, 0.1) is 19.6 Å². The molecular formula is C22H25N3O4. The zero-order valence-electron chi connectivity index (χ0n) is 16.7. The highest BCUT2D eigenvalue weighted by Gasteiger charge is 2.39. The topological polar surface area (TPSA) is 72.0 Å². The summed E-state index contributed by atoms with van der Waals surface area (Å²) in [5.41, 5.74) is 1.87. The number of rotatable bonds is 5. The molecule has 2 aliphatic rings. The lowest BCUT2D eigenvalue weighted by molar-refractivity contribution is -0.135. The second-order valence-corrected chi connectivity index (χ2v) is 7.59. The van der Waals surface area contributed by atoms with Crippen LogP contribution >= 0.6 is 0 Å². The fourth-order valence-electron chi connectivity index (χ4n) is 3.86. The van der Waals surface area contributed by atoms with E-state index < -0.39 is 0 Å². The van der Waals surface area contributed by atoms with E-state index in [1.165, 1.54) is 0 Å². The van der Waals surface area contributed by atoms with E-state index in [-0.39, 0.29) is 30.3 Å². The van der Waals surface area contributed by atoms with Crippen molar-refractivity contribution < 1.29 is 19.1 Å². The van der Waals surface area contributed by atoms with Crippen molar-refractivity contribution in [1.82, 2.24) is 9.88 Å². The Hall–Kier alpha value is -3.09. The van der Waals surface area contributed by atoms with Gasteiger partial charge >= 0.3 is 0 Å². The van der Waals surface area contributed by atoms with E-state index >= 15 is 0 Å². The third-order valence-corrected chi connectivity index (χ3v) is 5.49. The Kier molecular flexibility index (Phi) is 5.38. The molecule has 3 heterocycles. The van der Waals surface area contributed by atoms with E-state index in [0.717, 1.165) is 23.4 Å². The average molecular weight is 395 g/mol. The standard InChI is InChI=1S/C22H25N3O4/c1-15-3-8-20(23-12-15)29-19-9-10-24(14-19)22(27)16-11-21(26)25(13-16)17-4-6-18(28-2)7-5-17/h3-8,12,16,19H,9-11,13-14H2,1-2H3. The molecule has 29 heavy (non-hydrogen) atoms. The smallest absolute Gasteiger partial charge is 0.228 e. The zero-order chi connectivity index (χ0) is 20.4. The Balaban J connectivity index is 1.35. The molecule has 2 saturated heterocycles. The van der Waals surface area contributed by atoms with Gasteiger partial charge in [-0.3, -0.25) is 9.59 Å². The highest BCUT2D eigenvalue weighted by molar-refractivity contribution is 6.00. The van der Waals surface area contributed by atoms with Gasteiger partial charge in [-0.25, -0.2) is 4.98 Å². The van der Waals surface area contributed by atoms with Crippen molar-refractivity contribution in [3.63, 3.8) is 0 Å². The van der Waals surface area contributed by atoms with Gasteiger partial charge in [0.1, 0.15) is 11.9 Å². The average Bonchev–Trinajstić information content (AvgIpc) is 3.36. The molecule has 2 fully saturated rings. The number of likely N-dealkylation sites (tertiary alicyclic amines) is 1. The summed E-state index contributed by atoms with van der Waals surface area (Å²) >= 11 is 0. The van der Waals surface area contributed by atoms with Gasteiger partial charge in [-0.2, -0.15) is 0 Å². The summed E-state index contributed by atoms with van der Waals surface area (Å²) in [6, 6.07) is 11.1. The molecule has 1 aromatic heterocycles. The molecule has 2 aromatic rings. The van der Waals surface area contributed by atoms with Crippen molar-refractivity contribution in [2.45, 2.75) is 25.9 Å². The van der Waals surface area contributed by atoms with Gasteiger partial charge in [-0.05, 0) is 36.8 Å². The highest BCUT2D eigenvalue weighted by Crippen LogP contribution is 2.29. The summed E-state index contributed by atoms with van der Waals surface area (Å²) in [6.45, 7) is 3.56. The maximum absolute atomic E-state index is 13.0. The largest absolute Gasteiger partial charge is 0.497 e. The molecule has 0 saturated carbocycles. The highest BCUT2D eigenvalue weighted by atomic mass is 16.5. The lowest BCUT2D eigenvalue weighted by Gasteiger charge is -2.21. The number of aromatic nitrogens is 1. The number of aryl methyl sites for hydroxylation is 1. The molecule has 4 rings (SSSR count). The van der Waals surface area contributed by atoms with Crippen LogP contribution in [0.15, 0.2) is 42.6 Å². The molecule has 1 aromatic carbocycles. The van der Waals surface area contributed by atoms with Crippen molar-refractivity contribution in [1.29, 1.82) is 0 Å². The van der Waals surface area contributed by atoms with E-state index in [4.69, 9.17) is 9.47 Å². The molecule has 152 valence electrons. The Bertz CT molecular complexity index is 882. The number of carbonyl (C=O) groups is 2. The van der Waals surface area contributed by atoms with Crippen LogP contribution in [0.1, 0.15) is 18.4 Å². The predicted octanol–water partition coefficient (Wildman–Crippen LogP) is 2.43. The first-order valence-electron chi connectivity index (χ1n) is 9.86. The lowest BCUT2D eigenvalue weighted by Crippen LogP contribution is -2.37. The van der Waals surface area contributed by atoms with Crippen LogP contribution in [0.4, 0.5) is 5.69 Å². The SMILES string of the molecule is COc1ccc(N2CC(C(=O)N3CCC(Oc4ccc(C)cn4)C3)CC2=O)cc1. The third kappa shape index (κ3) is 4.18. The first-order chi connectivity index (χ1) is 14.0. The Labute approximate surface area is 170 Å². The van der Waals surface area contributed by atoms with E-state index in [9.17, 15) is 9.59 Å². The van der Waals surface area contributed by atoms with Crippen LogP contribution < -0.4 is 14.4 Å². The van der Waals surface area contributed by atoms with Gasteiger partial charge in [0.15, 0.2) is 0 Å². The summed E-state index contributed by atoms with van der Waals surface area (Å²) in [6.07, 6.45) is 2.71. The number of ether oxygens (including phenoxy) is 2. The molecule has 0 bridgehead atoms. The number of anilines is 1. The minimum absolute atomic E-state index is 0.0237. The molecule has 7 heteroatoms. The fraction of sp³-hybridized carbons (Fsp3) is 0.409. The van der Waals surface area contributed by atoms with Gasteiger partial charge in [-0.1, -0.05) is 6.07 Å². The predicted molar refractivity (Wildman–Crippen MR) is 108 cm³/mol. The maximum atomic E-state index is 13.0. The lowest BCUT2D eigenvalue weighted by atomic mass is 10.1. The fourth-order valence-corrected chi connectivity index (χ4v) is 3.86. The quantitative estimate of drug-likeness (QED) is 0.778. The number of methoxy groups -OCH3 is 1. The van der Waals surface area contributed by atoms with Crippen LogP contribution in [0.25, 0.3) is 0 Å². The van der Waals surface area contributed by atoms with Crippen molar-refractivity contribution in [2.75, 3.05) is 31.6 Å². The number of amides is 2. The van der Waals surface area contributed by atoms with Crippen molar-refractivity contribution in [3.8, 4) is 11.6 Å². The molecule has 2 atom stereocenters. The molecular weight excluding hydrogens is 370 g/mol. The minimum atomic E-state index is -0.319. The third-order valence-electron chi connectivity index (χ3n) is 5.49.